The van der Waals surface area contributed by atoms with E-state index in [1.54, 1.807) is 0 Å². The molecule has 104 valence electrons. The van der Waals surface area contributed by atoms with Gasteiger partial charge < -0.3 is 18.9 Å². The molecule has 7 nitrogen and oxygen atoms in total. The van der Waals surface area contributed by atoms with Crippen molar-refractivity contribution in [2.24, 2.45) is 0 Å². The lowest BCUT2D eigenvalue weighted by molar-refractivity contribution is -0.165. The lowest BCUT2D eigenvalue weighted by atomic mass is 9.92. The third-order valence-corrected chi connectivity index (χ3v) is 2.40. The van der Waals surface area contributed by atoms with E-state index < -0.39 is 42.2 Å². The normalized spacial score (nSPS) is 29.6. The molecule has 2 radical (unpaired) electrons. The molecule has 1 rings (SSSR count). The lowest BCUT2D eigenvalue weighted by Crippen LogP contribution is -2.41. The van der Waals surface area contributed by atoms with Crippen molar-refractivity contribution in [2.45, 2.75) is 45.1 Å². The van der Waals surface area contributed by atoms with E-state index in [1.165, 1.54) is 20.8 Å². The van der Waals surface area contributed by atoms with Gasteiger partial charge in [-0.25, -0.2) is 0 Å². The Morgan fingerprint density at radius 1 is 1.00 bits per heavy atom. The smallest absolute Gasteiger partial charge is 0.303 e. The Hall–Kier alpha value is -1.57. The second-order valence-corrected chi connectivity index (χ2v) is 4.09. The van der Waals surface area contributed by atoms with Crippen LogP contribution in [0.3, 0.4) is 0 Å². The molecule has 0 bridgehead atoms. The fraction of sp³-hybridized carbons (Fsp3) is 0.727. The fourth-order valence-corrected chi connectivity index (χ4v) is 1.75. The van der Waals surface area contributed by atoms with Gasteiger partial charge in [0.05, 0.1) is 6.00 Å². The molecular weight excluding hydrogens is 255 g/mol. The van der Waals surface area contributed by atoms with Crippen molar-refractivity contribution in [1.82, 2.24) is 0 Å². The maximum Gasteiger partial charge on any atom is 0.303 e. The third kappa shape index (κ3) is 4.55. The summed E-state index contributed by atoms with van der Waals surface area (Å²) in [4.78, 5) is 32.8. The highest BCUT2D eigenvalue weighted by Crippen LogP contribution is 2.25. The van der Waals surface area contributed by atoms with Crippen LogP contribution in [0.2, 0.25) is 0 Å². The Morgan fingerprint density at radius 2 is 1.53 bits per heavy atom. The van der Waals surface area contributed by atoms with E-state index >= 15 is 0 Å². The van der Waals surface area contributed by atoms with Gasteiger partial charge in [0.25, 0.3) is 0 Å². The highest BCUT2D eigenvalue weighted by atomic mass is 16.6. The van der Waals surface area contributed by atoms with Gasteiger partial charge >= 0.3 is 17.9 Å². The first-order valence-corrected chi connectivity index (χ1v) is 5.70. The molecule has 8 heteroatoms. The summed E-state index contributed by atoms with van der Waals surface area (Å²) in [5, 5.41) is 0. The van der Waals surface area contributed by atoms with Gasteiger partial charge in [-0.3, -0.25) is 14.4 Å². The molecule has 1 aliphatic heterocycles. The van der Waals surface area contributed by atoms with Crippen molar-refractivity contribution in [2.75, 3.05) is 6.61 Å². The molecule has 1 saturated heterocycles. The van der Waals surface area contributed by atoms with Crippen molar-refractivity contribution in [1.29, 1.82) is 0 Å². The number of rotatable bonds is 4. The van der Waals surface area contributed by atoms with Crippen LogP contribution in [0.5, 0.6) is 0 Å². The van der Waals surface area contributed by atoms with Gasteiger partial charge in [0, 0.05) is 20.8 Å². The number of hydrogen-bond donors (Lipinski definition) is 0. The maximum absolute atomic E-state index is 11.1. The molecule has 0 spiro atoms. The molecule has 0 N–H and O–H groups in total. The van der Waals surface area contributed by atoms with Crippen LogP contribution in [0.25, 0.3) is 0 Å². The minimum Gasteiger partial charge on any atom is -0.463 e. The van der Waals surface area contributed by atoms with Crippen LogP contribution in [-0.4, -0.2) is 56.7 Å². The van der Waals surface area contributed by atoms with Crippen molar-refractivity contribution in [3.05, 3.63) is 0 Å². The van der Waals surface area contributed by atoms with Crippen LogP contribution in [0, 0.1) is 0 Å². The SMILES string of the molecule is [B][C@@H]1O[C@H](COC(C)=O)C(OC(C)=O)[C@@H]1OC(C)=O. The van der Waals surface area contributed by atoms with Gasteiger partial charge in [0.1, 0.15) is 20.6 Å². The second-order valence-electron chi connectivity index (χ2n) is 4.09. The average Bonchev–Trinajstić information content (AvgIpc) is 2.53. The van der Waals surface area contributed by atoms with E-state index in [0.29, 0.717) is 0 Å². The van der Waals surface area contributed by atoms with Gasteiger partial charge in [0.2, 0.25) is 0 Å². The number of hydrogen-bond acceptors (Lipinski definition) is 7. The van der Waals surface area contributed by atoms with E-state index in [2.05, 4.69) is 0 Å². The highest BCUT2D eigenvalue weighted by molar-refractivity contribution is 6.11. The van der Waals surface area contributed by atoms with Gasteiger partial charge in [-0.1, -0.05) is 0 Å². The minimum atomic E-state index is -0.950. The summed E-state index contributed by atoms with van der Waals surface area (Å²) >= 11 is 0. The summed E-state index contributed by atoms with van der Waals surface area (Å²) in [6.07, 6.45) is -2.61. The van der Waals surface area contributed by atoms with E-state index in [9.17, 15) is 14.4 Å². The Labute approximate surface area is 111 Å². The van der Waals surface area contributed by atoms with Crippen molar-refractivity contribution in [3.8, 4) is 0 Å². The number of esters is 3. The molecular formula is C11H15BO7. The van der Waals surface area contributed by atoms with Gasteiger partial charge in [-0.05, 0) is 0 Å². The first-order valence-electron chi connectivity index (χ1n) is 5.70. The molecule has 0 aromatic heterocycles. The topological polar surface area (TPSA) is 88.1 Å². The van der Waals surface area contributed by atoms with Crippen LogP contribution in [0.15, 0.2) is 0 Å². The molecule has 0 aliphatic carbocycles. The van der Waals surface area contributed by atoms with Crippen molar-refractivity contribution in [3.63, 3.8) is 0 Å². The zero-order chi connectivity index (χ0) is 14.6. The molecule has 1 unspecified atom stereocenters. The Morgan fingerprint density at radius 3 is 2.00 bits per heavy atom. The predicted molar refractivity (Wildman–Crippen MR) is 62.2 cm³/mol. The summed E-state index contributed by atoms with van der Waals surface area (Å²) in [5.74, 6) is -1.66. The van der Waals surface area contributed by atoms with Crippen molar-refractivity contribution >= 4 is 25.8 Å². The van der Waals surface area contributed by atoms with Crippen LogP contribution >= 0.6 is 0 Å². The zero-order valence-electron chi connectivity index (χ0n) is 11.0. The summed E-state index contributed by atoms with van der Waals surface area (Å²) in [6, 6.07) is -0.950. The van der Waals surface area contributed by atoms with E-state index in [4.69, 9.17) is 26.8 Å². The molecule has 4 atom stereocenters. The number of carbonyl (C=O) groups excluding carboxylic acids is 3. The second kappa shape index (κ2) is 6.56. The largest absolute Gasteiger partial charge is 0.463 e. The van der Waals surface area contributed by atoms with E-state index in [0.717, 1.165) is 0 Å². The highest BCUT2D eigenvalue weighted by Gasteiger charge is 2.46. The molecule has 1 fully saturated rings. The van der Waals surface area contributed by atoms with Gasteiger partial charge in [-0.2, -0.15) is 0 Å². The average molecular weight is 270 g/mol. The molecule has 0 aromatic carbocycles. The summed E-state index contributed by atoms with van der Waals surface area (Å²) in [5.41, 5.74) is 0. The Balaban J connectivity index is 2.76. The van der Waals surface area contributed by atoms with Crippen LogP contribution in [0.1, 0.15) is 20.8 Å². The molecule has 0 amide bonds. The minimum absolute atomic E-state index is 0.140. The zero-order valence-corrected chi connectivity index (χ0v) is 11.0. The maximum atomic E-state index is 11.1. The summed E-state index contributed by atoms with van der Waals surface area (Å²) < 4.78 is 20.1. The van der Waals surface area contributed by atoms with Crippen LogP contribution in [0.4, 0.5) is 0 Å². The quantitative estimate of drug-likeness (QED) is 0.379. The fourth-order valence-electron chi connectivity index (χ4n) is 1.75. The molecule has 0 saturated carbocycles. The predicted octanol–water partition coefficient (Wildman–Crippen LogP) is -0.694. The number of ether oxygens (including phenoxy) is 4. The van der Waals surface area contributed by atoms with E-state index in [1.807, 2.05) is 0 Å². The Kier molecular flexibility index (Phi) is 5.35. The molecule has 19 heavy (non-hydrogen) atoms. The molecule has 1 heterocycles. The number of carbonyl (C=O) groups is 3. The molecule has 0 aromatic rings. The molecule has 1 aliphatic rings. The van der Waals surface area contributed by atoms with Crippen LogP contribution in [-0.2, 0) is 33.3 Å². The first kappa shape index (κ1) is 15.5. The first-order chi connectivity index (χ1) is 8.81. The van der Waals surface area contributed by atoms with Crippen molar-refractivity contribution < 1.29 is 33.3 Å². The van der Waals surface area contributed by atoms with Crippen LogP contribution < -0.4 is 0 Å². The third-order valence-electron chi connectivity index (χ3n) is 2.40. The summed E-state index contributed by atoms with van der Waals surface area (Å²) in [6.45, 7) is 3.51. The Bertz CT molecular complexity index is 370. The van der Waals surface area contributed by atoms with E-state index in [-0.39, 0.29) is 6.61 Å². The van der Waals surface area contributed by atoms with Gasteiger partial charge in [-0.15, -0.1) is 0 Å². The summed E-state index contributed by atoms with van der Waals surface area (Å²) in [7, 11) is 5.66. The van der Waals surface area contributed by atoms with Gasteiger partial charge in [0.15, 0.2) is 12.2 Å². The standard InChI is InChI=1S/C11H15BO7/c1-5(13)16-4-8-9(17-6(2)14)10(11(12)19-8)18-7(3)15/h8-11H,4H2,1-3H3/t8-,9?,10+,11-/m1/s1. The lowest BCUT2D eigenvalue weighted by Gasteiger charge is -2.22. The monoisotopic (exact) mass is 270 g/mol.